The highest BCUT2D eigenvalue weighted by molar-refractivity contribution is 6.30. The molecule has 0 radical (unpaired) electrons. The fourth-order valence-corrected chi connectivity index (χ4v) is 5.38. The first kappa shape index (κ1) is 22.1. The van der Waals surface area contributed by atoms with E-state index in [9.17, 15) is 9.59 Å². The van der Waals surface area contributed by atoms with Crippen molar-refractivity contribution in [1.29, 1.82) is 0 Å². The van der Waals surface area contributed by atoms with Crippen LogP contribution in [0.4, 0.5) is 0 Å². The summed E-state index contributed by atoms with van der Waals surface area (Å²) in [4.78, 5) is 28.1. The predicted octanol–water partition coefficient (Wildman–Crippen LogP) is 6.61. The minimum Gasteiger partial charge on any atom is -0.325 e. The lowest BCUT2D eigenvalue weighted by Gasteiger charge is -2.51. The molecule has 1 heterocycles. The molecule has 2 aromatic carbocycles. The Morgan fingerprint density at radius 3 is 2.42 bits per heavy atom. The third kappa shape index (κ3) is 4.31. The van der Waals surface area contributed by atoms with Crippen molar-refractivity contribution in [1.82, 2.24) is 4.90 Å². The zero-order valence-corrected chi connectivity index (χ0v) is 19.1. The highest BCUT2D eigenvalue weighted by Crippen LogP contribution is 2.53. The number of aldehydes is 1. The molecule has 3 nitrogen and oxygen atoms in total. The normalized spacial score (nSPS) is 27.1. The first-order chi connectivity index (χ1) is 14.9. The quantitative estimate of drug-likeness (QED) is 0.347. The highest BCUT2D eigenvalue weighted by Gasteiger charge is 2.53. The third-order valence-corrected chi connectivity index (χ3v) is 7.24. The number of benzene rings is 2. The Balaban J connectivity index is 1.90. The summed E-state index contributed by atoms with van der Waals surface area (Å²) in [5.74, 6) is 0.237. The second-order valence-electron chi connectivity index (χ2n) is 9.09. The van der Waals surface area contributed by atoms with Gasteiger partial charge in [-0.3, -0.25) is 4.79 Å². The van der Waals surface area contributed by atoms with Gasteiger partial charge in [0, 0.05) is 16.0 Å². The van der Waals surface area contributed by atoms with Gasteiger partial charge in [0.1, 0.15) is 6.29 Å². The second kappa shape index (κ2) is 8.80. The predicted molar refractivity (Wildman–Crippen MR) is 125 cm³/mol. The van der Waals surface area contributed by atoms with E-state index in [-0.39, 0.29) is 23.8 Å². The molecule has 0 spiro atoms. The van der Waals surface area contributed by atoms with Gasteiger partial charge in [0.15, 0.2) is 0 Å². The average molecular weight is 456 g/mol. The summed E-state index contributed by atoms with van der Waals surface area (Å²) in [5.41, 5.74) is 1.42. The number of halogens is 2. The number of piperidine rings is 1. The van der Waals surface area contributed by atoms with Gasteiger partial charge in [0.25, 0.3) is 0 Å². The van der Waals surface area contributed by atoms with Crippen molar-refractivity contribution < 1.29 is 9.59 Å². The zero-order chi connectivity index (χ0) is 22.2. The molecule has 2 fully saturated rings. The van der Waals surface area contributed by atoms with E-state index in [2.05, 4.69) is 12.6 Å². The van der Waals surface area contributed by atoms with Crippen LogP contribution < -0.4 is 0 Å². The first-order valence-electron chi connectivity index (χ1n) is 10.8. The van der Waals surface area contributed by atoms with Gasteiger partial charge in [0.2, 0.25) is 5.91 Å². The minimum atomic E-state index is -0.631. The molecule has 162 valence electrons. The maximum absolute atomic E-state index is 13.9. The van der Waals surface area contributed by atoms with Crippen molar-refractivity contribution in [3.8, 4) is 0 Å². The number of nitrogens with zero attached hydrogens (tertiary/aromatic N) is 1. The van der Waals surface area contributed by atoms with Crippen LogP contribution in [0.2, 0.25) is 10.0 Å². The van der Waals surface area contributed by atoms with E-state index in [4.69, 9.17) is 23.2 Å². The number of amides is 1. The molecule has 5 heteroatoms. The van der Waals surface area contributed by atoms with E-state index in [1.807, 2.05) is 54.3 Å². The van der Waals surface area contributed by atoms with Gasteiger partial charge < -0.3 is 9.69 Å². The maximum atomic E-state index is 13.9. The number of allylic oxidation sites excluding steroid dienone is 1. The molecular formula is C26H27Cl2NO2. The molecule has 1 amide bonds. The Morgan fingerprint density at radius 2 is 1.84 bits per heavy atom. The van der Waals surface area contributed by atoms with E-state index >= 15 is 0 Å². The van der Waals surface area contributed by atoms with Crippen molar-refractivity contribution in [2.24, 2.45) is 11.3 Å². The second-order valence-corrected chi connectivity index (χ2v) is 9.96. The van der Waals surface area contributed by atoms with Gasteiger partial charge in [-0.1, -0.05) is 60.5 Å². The summed E-state index contributed by atoms with van der Waals surface area (Å²) < 4.78 is 0. The van der Waals surface area contributed by atoms with Crippen molar-refractivity contribution in [3.05, 3.63) is 82.4 Å². The molecule has 2 aromatic rings. The number of hydrogen-bond acceptors (Lipinski definition) is 2. The molecule has 4 atom stereocenters. The van der Waals surface area contributed by atoms with Crippen LogP contribution in [-0.4, -0.2) is 23.1 Å². The van der Waals surface area contributed by atoms with Gasteiger partial charge in [-0.2, -0.15) is 0 Å². The Bertz CT molecular complexity index is 985. The number of carbonyl (C=O) groups is 2. The van der Waals surface area contributed by atoms with Crippen LogP contribution in [0.25, 0.3) is 0 Å². The van der Waals surface area contributed by atoms with Crippen LogP contribution in [0.1, 0.15) is 55.7 Å². The SMILES string of the molecule is C=CC[C@@]1(C)CC(c2cccc(Cl)c2)C(c2ccc(Cl)cc2)N(C(C=O)C2CC2)C1=O. The van der Waals surface area contributed by atoms with E-state index < -0.39 is 11.5 Å². The number of hydrogen-bond donors (Lipinski definition) is 0. The van der Waals surface area contributed by atoms with E-state index in [0.29, 0.717) is 22.9 Å². The molecule has 1 saturated carbocycles. The summed E-state index contributed by atoms with van der Waals surface area (Å²) >= 11 is 12.5. The molecule has 1 aliphatic carbocycles. The lowest BCUT2D eigenvalue weighted by atomic mass is 9.67. The Hall–Kier alpha value is -2.10. The zero-order valence-electron chi connectivity index (χ0n) is 17.6. The van der Waals surface area contributed by atoms with Crippen molar-refractivity contribution in [2.75, 3.05) is 0 Å². The van der Waals surface area contributed by atoms with Crippen LogP contribution in [-0.2, 0) is 9.59 Å². The van der Waals surface area contributed by atoms with Gasteiger partial charge in [-0.15, -0.1) is 6.58 Å². The number of likely N-dealkylation sites (tertiary alicyclic amines) is 1. The van der Waals surface area contributed by atoms with E-state index in [1.54, 1.807) is 6.08 Å². The Labute approximate surface area is 194 Å². The van der Waals surface area contributed by atoms with Crippen LogP contribution >= 0.6 is 23.2 Å². The monoisotopic (exact) mass is 455 g/mol. The van der Waals surface area contributed by atoms with Crippen LogP contribution in [0.15, 0.2) is 61.2 Å². The Kier molecular flexibility index (Phi) is 6.27. The molecule has 4 rings (SSSR count). The molecule has 0 aromatic heterocycles. The summed E-state index contributed by atoms with van der Waals surface area (Å²) in [6, 6.07) is 14.8. The van der Waals surface area contributed by atoms with Crippen molar-refractivity contribution in [2.45, 2.75) is 50.6 Å². The standard InChI is InChI=1S/C26H27Cl2NO2/c1-3-13-26(2)15-22(19-5-4-6-21(28)14-19)24(18-9-11-20(27)12-10-18)29(25(26)31)23(16-30)17-7-8-17/h3-6,9-12,14,16-17,22-24H,1,7-8,13,15H2,2H3/t22?,23?,24?,26-/m0/s1. The topological polar surface area (TPSA) is 37.4 Å². The van der Waals surface area contributed by atoms with E-state index in [0.717, 1.165) is 30.3 Å². The lowest BCUT2D eigenvalue weighted by Crippen LogP contribution is -2.56. The Morgan fingerprint density at radius 1 is 1.13 bits per heavy atom. The van der Waals surface area contributed by atoms with Gasteiger partial charge in [0.05, 0.1) is 17.5 Å². The molecule has 2 aliphatic rings. The van der Waals surface area contributed by atoms with Crippen LogP contribution in [0.5, 0.6) is 0 Å². The summed E-state index contributed by atoms with van der Waals surface area (Å²) in [7, 11) is 0. The highest BCUT2D eigenvalue weighted by atomic mass is 35.5. The fourth-order valence-electron chi connectivity index (χ4n) is 5.06. The minimum absolute atomic E-state index is 0.0104. The summed E-state index contributed by atoms with van der Waals surface area (Å²) in [5, 5.41) is 1.30. The number of rotatable bonds is 7. The number of carbonyl (C=O) groups excluding carboxylic acids is 2. The molecule has 0 bridgehead atoms. The molecule has 31 heavy (non-hydrogen) atoms. The molecular weight excluding hydrogens is 429 g/mol. The largest absolute Gasteiger partial charge is 0.325 e. The molecule has 3 unspecified atom stereocenters. The molecule has 1 aliphatic heterocycles. The summed E-state index contributed by atoms with van der Waals surface area (Å²) in [6.45, 7) is 5.89. The maximum Gasteiger partial charge on any atom is 0.229 e. The fraction of sp³-hybridized carbons (Fsp3) is 0.385. The van der Waals surface area contributed by atoms with E-state index in [1.165, 1.54) is 0 Å². The van der Waals surface area contributed by atoms with Crippen molar-refractivity contribution in [3.63, 3.8) is 0 Å². The smallest absolute Gasteiger partial charge is 0.229 e. The molecule has 1 saturated heterocycles. The third-order valence-electron chi connectivity index (χ3n) is 6.75. The van der Waals surface area contributed by atoms with Crippen molar-refractivity contribution >= 4 is 35.4 Å². The van der Waals surface area contributed by atoms with Crippen LogP contribution in [0.3, 0.4) is 0 Å². The van der Waals surface area contributed by atoms with Crippen LogP contribution in [0, 0.1) is 11.3 Å². The lowest BCUT2D eigenvalue weighted by molar-refractivity contribution is -0.156. The first-order valence-corrected chi connectivity index (χ1v) is 11.5. The average Bonchev–Trinajstić information content (AvgIpc) is 3.58. The van der Waals surface area contributed by atoms with Gasteiger partial charge in [-0.25, -0.2) is 0 Å². The molecule has 0 N–H and O–H groups in total. The summed E-state index contributed by atoms with van der Waals surface area (Å²) in [6.07, 6.45) is 5.93. The van der Waals surface area contributed by atoms with Gasteiger partial charge >= 0.3 is 0 Å². The van der Waals surface area contributed by atoms with Gasteiger partial charge in [-0.05, 0) is 67.0 Å².